The molecule has 0 heterocycles. The molecule has 0 spiro atoms. The summed E-state index contributed by atoms with van der Waals surface area (Å²) in [6.45, 7) is 3.93. The molecule has 13 heavy (non-hydrogen) atoms. The number of carbonyl (C=O) groups excluding carboxylic acids is 2. The van der Waals surface area contributed by atoms with Crippen LogP contribution in [-0.4, -0.2) is 30.8 Å². The van der Waals surface area contributed by atoms with Gasteiger partial charge in [0.25, 0.3) is 5.67 Å². The summed E-state index contributed by atoms with van der Waals surface area (Å²) in [5, 5.41) is 0. The molecular formula is C8H13FO4. The number of halogens is 1. The van der Waals surface area contributed by atoms with Gasteiger partial charge in [0.2, 0.25) is 0 Å². The largest absolute Gasteiger partial charge is 0.463 e. The molecule has 0 saturated heterocycles. The molecule has 0 atom stereocenters. The van der Waals surface area contributed by atoms with E-state index < -0.39 is 17.6 Å². The molecule has 0 aliphatic rings. The molecule has 0 aromatic carbocycles. The molecule has 0 aliphatic heterocycles. The van der Waals surface area contributed by atoms with E-state index in [4.69, 9.17) is 0 Å². The quantitative estimate of drug-likeness (QED) is 0.489. The first-order chi connectivity index (χ1) is 5.96. The van der Waals surface area contributed by atoms with E-state index in [1.165, 1.54) is 13.8 Å². The minimum Gasteiger partial charge on any atom is -0.463 e. The summed E-state index contributed by atoms with van der Waals surface area (Å²) in [6, 6.07) is 0. The Kier molecular flexibility index (Phi) is 4.37. The highest BCUT2D eigenvalue weighted by Crippen LogP contribution is 2.14. The second kappa shape index (κ2) is 4.79. The van der Waals surface area contributed by atoms with Crippen molar-refractivity contribution in [2.45, 2.75) is 26.4 Å². The van der Waals surface area contributed by atoms with E-state index in [0.717, 1.165) is 6.92 Å². The lowest BCUT2D eigenvalue weighted by Gasteiger charge is -2.15. The SMILES string of the molecule is CCOC(=O)C(C)(F)C(=O)OCC. The molecule has 5 heteroatoms. The van der Waals surface area contributed by atoms with Gasteiger partial charge in [-0.1, -0.05) is 0 Å². The number of rotatable bonds is 4. The van der Waals surface area contributed by atoms with Gasteiger partial charge in [0.15, 0.2) is 0 Å². The fraction of sp³-hybridized carbons (Fsp3) is 0.750. The molecule has 0 rings (SSSR count). The van der Waals surface area contributed by atoms with Gasteiger partial charge in [0.1, 0.15) is 0 Å². The zero-order valence-electron chi connectivity index (χ0n) is 7.93. The molecule has 0 bridgehead atoms. The first-order valence-corrected chi connectivity index (χ1v) is 4.00. The van der Waals surface area contributed by atoms with Crippen LogP contribution in [0.4, 0.5) is 4.39 Å². The van der Waals surface area contributed by atoms with Crippen molar-refractivity contribution in [3.63, 3.8) is 0 Å². The maximum atomic E-state index is 13.3. The minimum absolute atomic E-state index is 0.0255. The van der Waals surface area contributed by atoms with Crippen LogP contribution in [0.5, 0.6) is 0 Å². The average molecular weight is 192 g/mol. The summed E-state index contributed by atoms with van der Waals surface area (Å²) in [4.78, 5) is 21.8. The maximum absolute atomic E-state index is 13.3. The highest BCUT2D eigenvalue weighted by Gasteiger charge is 2.44. The molecule has 0 fully saturated rings. The zero-order chi connectivity index (χ0) is 10.5. The van der Waals surface area contributed by atoms with E-state index in [2.05, 4.69) is 9.47 Å². The van der Waals surface area contributed by atoms with Crippen molar-refractivity contribution in [3.8, 4) is 0 Å². The van der Waals surface area contributed by atoms with Gasteiger partial charge >= 0.3 is 11.9 Å². The predicted octanol–water partition coefficient (Wildman–Crippen LogP) is 0.841. The van der Waals surface area contributed by atoms with Crippen molar-refractivity contribution in [1.29, 1.82) is 0 Å². The van der Waals surface area contributed by atoms with E-state index in [-0.39, 0.29) is 13.2 Å². The third-order valence-corrected chi connectivity index (χ3v) is 1.32. The smallest absolute Gasteiger partial charge is 0.355 e. The molecule has 0 unspecified atom stereocenters. The Balaban J connectivity index is 4.36. The van der Waals surface area contributed by atoms with E-state index in [1.807, 2.05) is 0 Å². The second-order valence-electron chi connectivity index (χ2n) is 2.44. The van der Waals surface area contributed by atoms with E-state index >= 15 is 0 Å². The van der Waals surface area contributed by atoms with Gasteiger partial charge in [0, 0.05) is 0 Å². The van der Waals surface area contributed by atoms with Gasteiger partial charge in [-0.15, -0.1) is 0 Å². The van der Waals surface area contributed by atoms with Crippen LogP contribution < -0.4 is 0 Å². The fourth-order valence-corrected chi connectivity index (χ4v) is 0.617. The summed E-state index contributed by atoms with van der Waals surface area (Å²) < 4.78 is 22.0. The molecular weight excluding hydrogens is 179 g/mol. The first kappa shape index (κ1) is 11.9. The third kappa shape index (κ3) is 3.01. The van der Waals surface area contributed by atoms with Gasteiger partial charge in [-0.3, -0.25) is 0 Å². The molecule has 4 nitrogen and oxygen atoms in total. The summed E-state index contributed by atoms with van der Waals surface area (Å²) in [7, 11) is 0. The van der Waals surface area contributed by atoms with Crippen LogP contribution in [-0.2, 0) is 19.1 Å². The van der Waals surface area contributed by atoms with Crippen LogP contribution >= 0.6 is 0 Å². The Morgan fingerprint density at radius 3 is 1.69 bits per heavy atom. The lowest BCUT2D eigenvalue weighted by molar-refractivity contribution is -0.172. The average Bonchev–Trinajstić information content (AvgIpc) is 2.05. The number of esters is 2. The van der Waals surface area contributed by atoms with Crippen molar-refractivity contribution in [2.75, 3.05) is 13.2 Å². The standard InChI is InChI=1S/C8H13FO4/c1-4-12-6(10)8(3,9)7(11)13-5-2/h4-5H2,1-3H3. The van der Waals surface area contributed by atoms with Crippen molar-refractivity contribution in [3.05, 3.63) is 0 Å². The van der Waals surface area contributed by atoms with Gasteiger partial charge in [0.05, 0.1) is 13.2 Å². The third-order valence-electron chi connectivity index (χ3n) is 1.32. The molecule has 0 N–H and O–H groups in total. The monoisotopic (exact) mass is 192 g/mol. The maximum Gasteiger partial charge on any atom is 0.355 e. The van der Waals surface area contributed by atoms with Gasteiger partial charge in [-0.05, 0) is 20.8 Å². The molecule has 0 radical (unpaired) electrons. The Bertz CT molecular complexity index is 180. The summed E-state index contributed by atoms with van der Waals surface area (Å²) in [6.07, 6.45) is 0. The number of alkyl halides is 1. The second-order valence-corrected chi connectivity index (χ2v) is 2.44. The molecule has 0 amide bonds. The van der Waals surface area contributed by atoms with Crippen LogP contribution in [0, 0.1) is 0 Å². The van der Waals surface area contributed by atoms with E-state index in [1.54, 1.807) is 0 Å². The first-order valence-electron chi connectivity index (χ1n) is 4.00. The lowest BCUT2D eigenvalue weighted by Crippen LogP contribution is -2.42. The number of hydrogen-bond acceptors (Lipinski definition) is 4. The molecule has 0 aromatic rings. The molecule has 0 aliphatic carbocycles. The van der Waals surface area contributed by atoms with Crippen LogP contribution in [0.1, 0.15) is 20.8 Å². The predicted molar refractivity (Wildman–Crippen MR) is 42.8 cm³/mol. The molecule has 0 aromatic heterocycles. The molecule has 0 saturated carbocycles. The summed E-state index contributed by atoms with van der Waals surface area (Å²) in [5.41, 5.74) is -2.70. The summed E-state index contributed by atoms with van der Waals surface area (Å²) >= 11 is 0. The minimum atomic E-state index is -2.70. The fourth-order valence-electron chi connectivity index (χ4n) is 0.617. The van der Waals surface area contributed by atoms with Crippen molar-refractivity contribution in [1.82, 2.24) is 0 Å². The lowest BCUT2D eigenvalue weighted by atomic mass is 10.1. The summed E-state index contributed by atoms with van der Waals surface area (Å²) in [5.74, 6) is -2.43. The van der Waals surface area contributed by atoms with Crippen LogP contribution in [0.25, 0.3) is 0 Å². The van der Waals surface area contributed by atoms with Crippen LogP contribution in [0.15, 0.2) is 0 Å². The normalized spacial score (nSPS) is 10.8. The van der Waals surface area contributed by atoms with Crippen LogP contribution in [0.2, 0.25) is 0 Å². The number of hydrogen-bond donors (Lipinski definition) is 0. The van der Waals surface area contributed by atoms with Crippen molar-refractivity contribution in [2.24, 2.45) is 0 Å². The Morgan fingerprint density at radius 2 is 1.46 bits per heavy atom. The topological polar surface area (TPSA) is 52.6 Å². The highest BCUT2D eigenvalue weighted by atomic mass is 19.1. The van der Waals surface area contributed by atoms with Crippen molar-refractivity contribution < 1.29 is 23.5 Å². The number of carbonyl (C=O) groups is 2. The Labute approximate surface area is 76.0 Å². The Morgan fingerprint density at radius 1 is 1.15 bits per heavy atom. The zero-order valence-corrected chi connectivity index (χ0v) is 7.93. The Hall–Kier alpha value is -1.13. The highest BCUT2D eigenvalue weighted by molar-refractivity contribution is 6.02. The van der Waals surface area contributed by atoms with E-state index in [0.29, 0.717) is 0 Å². The van der Waals surface area contributed by atoms with Gasteiger partial charge < -0.3 is 9.47 Å². The number of ether oxygens (including phenoxy) is 2. The van der Waals surface area contributed by atoms with Crippen molar-refractivity contribution >= 4 is 11.9 Å². The van der Waals surface area contributed by atoms with Crippen LogP contribution in [0.3, 0.4) is 0 Å². The molecule has 76 valence electrons. The van der Waals surface area contributed by atoms with Gasteiger partial charge in [-0.25, -0.2) is 14.0 Å². The van der Waals surface area contributed by atoms with E-state index in [9.17, 15) is 14.0 Å². The van der Waals surface area contributed by atoms with Gasteiger partial charge in [-0.2, -0.15) is 0 Å².